The minimum absolute atomic E-state index is 0.0402. The first-order chi connectivity index (χ1) is 8.52. The molecule has 0 fully saturated rings. The SMILES string of the molecule is COc1cc(C)c(-c2c[nH]c(=O)c(C)c2)cc1C. The third-order valence-corrected chi connectivity index (χ3v) is 3.14. The maximum absolute atomic E-state index is 11.4. The first-order valence-electron chi connectivity index (χ1n) is 5.88. The number of aromatic nitrogens is 1. The van der Waals surface area contributed by atoms with Gasteiger partial charge in [-0.2, -0.15) is 0 Å². The minimum atomic E-state index is -0.0402. The lowest BCUT2D eigenvalue weighted by Gasteiger charge is -2.11. The van der Waals surface area contributed by atoms with Gasteiger partial charge in [-0.1, -0.05) is 0 Å². The molecular weight excluding hydrogens is 226 g/mol. The highest BCUT2D eigenvalue weighted by molar-refractivity contribution is 5.69. The lowest BCUT2D eigenvalue weighted by molar-refractivity contribution is 0.411. The highest BCUT2D eigenvalue weighted by Crippen LogP contribution is 2.29. The number of hydrogen-bond acceptors (Lipinski definition) is 2. The Morgan fingerprint density at radius 1 is 1.00 bits per heavy atom. The molecule has 94 valence electrons. The van der Waals surface area contributed by atoms with Crippen molar-refractivity contribution in [3.05, 3.63) is 51.4 Å². The van der Waals surface area contributed by atoms with Gasteiger partial charge in [-0.15, -0.1) is 0 Å². The number of pyridine rings is 1. The van der Waals surface area contributed by atoms with Crippen LogP contribution in [-0.4, -0.2) is 12.1 Å². The number of rotatable bonds is 2. The van der Waals surface area contributed by atoms with Gasteiger partial charge in [0.1, 0.15) is 5.75 Å². The van der Waals surface area contributed by atoms with Crippen molar-refractivity contribution in [1.82, 2.24) is 4.98 Å². The molecule has 1 aromatic carbocycles. The van der Waals surface area contributed by atoms with Gasteiger partial charge < -0.3 is 9.72 Å². The van der Waals surface area contributed by atoms with Gasteiger partial charge >= 0.3 is 0 Å². The summed E-state index contributed by atoms with van der Waals surface area (Å²) in [5, 5.41) is 0. The topological polar surface area (TPSA) is 42.1 Å². The summed E-state index contributed by atoms with van der Waals surface area (Å²) in [5.74, 6) is 0.886. The van der Waals surface area contributed by atoms with E-state index in [0.29, 0.717) is 0 Å². The van der Waals surface area contributed by atoms with Crippen molar-refractivity contribution >= 4 is 0 Å². The standard InChI is InChI=1S/C15H17NO2/c1-9-7-14(18-4)10(2)6-13(9)12-5-11(3)15(17)16-8-12/h5-8H,1-4H3,(H,16,17). The van der Waals surface area contributed by atoms with Crippen molar-refractivity contribution in [2.45, 2.75) is 20.8 Å². The van der Waals surface area contributed by atoms with Crippen LogP contribution in [0.4, 0.5) is 0 Å². The summed E-state index contributed by atoms with van der Waals surface area (Å²) in [6, 6.07) is 6.01. The summed E-state index contributed by atoms with van der Waals surface area (Å²) in [5.41, 5.74) is 5.04. The van der Waals surface area contributed by atoms with Crippen LogP contribution < -0.4 is 10.3 Å². The fraction of sp³-hybridized carbons (Fsp3) is 0.267. The number of nitrogens with one attached hydrogen (secondary N) is 1. The Labute approximate surface area is 106 Å². The van der Waals surface area contributed by atoms with Gasteiger partial charge in [0.15, 0.2) is 0 Å². The summed E-state index contributed by atoms with van der Waals surface area (Å²) in [7, 11) is 1.67. The van der Waals surface area contributed by atoms with Gasteiger partial charge in [0.25, 0.3) is 5.56 Å². The Kier molecular flexibility index (Phi) is 3.24. The van der Waals surface area contributed by atoms with Crippen molar-refractivity contribution in [2.75, 3.05) is 7.11 Å². The molecule has 0 amide bonds. The van der Waals surface area contributed by atoms with E-state index in [-0.39, 0.29) is 5.56 Å². The van der Waals surface area contributed by atoms with E-state index in [2.05, 4.69) is 11.1 Å². The van der Waals surface area contributed by atoms with Crippen molar-refractivity contribution in [2.24, 2.45) is 0 Å². The zero-order valence-corrected chi connectivity index (χ0v) is 11.1. The Morgan fingerprint density at radius 3 is 2.33 bits per heavy atom. The van der Waals surface area contributed by atoms with E-state index >= 15 is 0 Å². The molecule has 1 heterocycles. The molecule has 1 aromatic heterocycles. The lowest BCUT2D eigenvalue weighted by atomic mass is 9.98. The van der Waals surface area contributed by atoms with Crippen LogP contribution in [0.1, 0.15) is 16.7 Å². The number of hydrogen-bond donors (Lipinski definition) is 1. The predicted molar refractivity (Wildman–Crippen MR) is 73.3 cm³/mol. The molecule has 0 aliphatic carbocycles. The van der Waals surface area contributed by atoms with Crippen LogP contribution in [0.3, 0.4) is 0 Å². The predicted octanol–water partition coefficient (Wildman–Crippen LogP) is 2.98. The first-order valence-corrected chi connectivity index (χ1v) is 5.88. The summed E-state index contributed by atoms with van der Waals surface area (Å²) in [6.07, 6.45) is 1.75. The first kappa shape index (κ1) is 12.4. The van der Waals surface area contributed by atoms with E-state index in [0.717, 1.165) is 33.6 Å². The molecule has 1 N–H and O–H groups in total. The molecular formula is C15H17NO2. The maximum atomic E-state index is 11.4. The molecule has 0 spiro atoms. The molecule has 0 unspecified atom stereocenters. The van der Waals surface area contributed by atoms with E-state index in [4.69, 9.17) is 4.74 Å². The molecule has 0 bridgehead atoms. The van der Waals surface area contributed by atoms with Crippen LogP contribution >= 0.6 is 0 Å². The Balaban J connectivity index is 2.60. The molecule has 0 aliphatic heterocycles. The smallest absolute Gasteiger partial charge is 0.250 e. The summed E-state index contributed by atoms with van der Waals surface area (Å²) < 4.78 is 5.30. The van der Waals surface area contributed by atoms with Gasteiger partial charge in [-0.05, 0) is 61.2 Å². The fourth-order valence-corrected chi connectivity index (χ4v) is 2.07. The zero-order valence-electron chi connectivity index (χ0n) is 11.1. The van der Waals surface area contributed by atoms with Crippen LogP contribution in [0.2, 0.25) is 0 Å². The average Bonchev–Trinajstić information content (AvgIpc) is 2.35. The Hall–Kier alpha value is -2.03. The number of ether oxygens (including phenoxy) is 1. The number of H-pyrrole nitrogens is 1. The van der Waals surface area contributed by atoms with E-state index in [9.17, 15) is 4.79 Å². The monoisotopic (exact) mass is 243 g/mol. The molecule has 0 saturated heterocycles. The maximum Gasteiger partial charge on any atom is 0.250 e. The second-order valence-corrected chi connectivity index (χ2v) is 4.54. The second kappa shape index (κ2) is 4.69. The van der Waals surface area contributed by atoms with Gasteiger partial charge in [-0.25, -0.2) is 0 Å². The molecule has 2 rings (SSSR count). The van der Waals surface area contributed by atoms with E-state index < -0.39 is 0 Å². The Morgan fingerprint density at radius 2 is 1.72 bits per heavy atom. The van der Waals surface area contributed by atoms with Crippen LogP contribution in [0, 0.1) is 20.8 Å². The summed E-state index contributed by atoms with van der Waals surface area (Å²) >= 11 is 0. The van der Waals surface area contributed by atoms with Crippen molar-refractivity contribution < 1.29 is 4.74 Å². The van der Waals surface area contributed by atoms with Gasteiger partial charge in [-0.3, -0.25) is 4.79 Å². The van der Waals surface area contributed by atoms with Gasteiger partial charge in [0.2, 0.25) is 0 Å². The Bertz CT molecular complexity index is 641. The van der Waals surface area contributed by atoms with Crippen LogP contribution in [0.15, 0.2) is 29.2 Å². The number of benzene rings is 1. The molecule has 2 aromatic rings. The largest absolute Gasteiger partial charge is 0.496 e. The normalized spacial score (nSPS) is 10.4. The van der Waals surface area contributed by atoms with Crippen molar-refractivity contribution in [3.8, 4) is 16.9 Å². The van der Waals surface area contributed by atoms with Crippen LogP contribution in [0.25, 0.3) is 11.1 Å². The third-order valence-electron chi connectivity index (χ3n) is 3.14. The van der Waals surface area contributed by atoms with Crippen LogP contribution in [-0.2, 0) is 0 Å². The van der Waals surface area contributed by atoms with Crippen LogP contribution in [0.5, 0.6) is 5.75 Å². The summed E-state index contributed by atoms with van der Waals surface area (Å²) in [6.45, 7) is 5.87. The minimum Gasteiger partial charge on any atom is -0.496 e. The number of aromatic amines is 1. The average molecular weight is 243 g/mol. The lowest BCUT2D eigenvalue weighted by Crippen LogP contribution is -2.08. The highest BCUT2D eigenvalue weighted by atomic mass is 16.5. The highest BCUT2D eigenvalue weighted by Gasteiger charge is 2.08. The summed E-state index contributed by atoms with van der Waals surface area (Å²) in [4.78, 5) is 14.1. The van der Waals surface area contributed by atoms with E-state index in [1.165, 1.54) is 0 Å². The second-order valence-electron chi connectivity index (χ2n) is 4.54. The molecule has 0 atom stereocenters. The molecule has 18 heavy (non-hydrogen) atoms. The molecule has 0 radical (unpaired) electrons. The van der Waals surface area contributed by atoms with Gasteiger partial charge in [0, 0.05) is 11.8 Å². The third kappa shape index (κ3) is 2.16. The number of methoxy groups -OCH3 is 1. The van der Waals surface area contributed by atoms with E-state index in [1.54, 1.807) is 13.3 Å². The molecule has 3 nitrogen and oxygen atoms in total. The fourth-order valence-electron chi connectivity index (χ4n) is 2.07. The quantitative estimate of drug-likeness (QED) is 0.881. The zero-order chi connectivity index (χ0) is 13.3. The molecule has 3 heteroatoms. The molecule has 0 saturated carbocycles. The van der Waals surface area contributed by atoms with Crippen molar-refractivity contribution in [3.63, 3.8) is 0 Å². The van der Waals surface area contributed by atoms with Crippen molar-refractivity contribution in [1.29, 1.82) is 0 Å². The van der Waals surface area contributed by atoms with Gasteiger partial charge in [0.05, 0.1) is 7.11 Å². The van der Waals surface area contributed by atoms with E-state index in [1.807, 2.05) is 32.9 Å². The molecule has 0 aliphatic rings. The number of aryl methyl sites for hydroxylation is 3.